The highest BCUT2D eigenvalue weighted by molar-refractivity contribution is 5.33. The summed E-state index contributed by atoms with van der Waals surface area (Å²) in [6, 6.07) is 10.8. The number of rotatable bonds is 5. The average molecular weight is 271 g/mol. The second-order valence-electron chi connectivity index (χ2n) is 5.34. The van der Waals surface area contributed by atoms with E-state index in [1.54, 1.807) is 6.20 Å². The molecule has 2 heterocycles. The maximum absolute atomic E-state index is 5.70. The molecule has 0 saturated carbocycles. The molecule has 3 rings (SSSR count). The van der Waals surface area contributed by atoms with Crippen LogP contribution >= 0.6 is 0 Å². The lowest BCUT2D eigenvalue weighted by Gasteiger charge is -2.20. The first-order chi connectivity index (χ1) is 9.83. The van der Waals surface area contributed by atoms with Gasteiger partial charge < -0.3 is 10.1 Å². The Bertz CT molecular complexity index is 515. The number of hydrogen-bond donors (Lipinski definition) is 1. The quantitative estimate of drug-likeness (QED) is 0.908. The van der Waals surface area contributed by atoms with E-state index >= 15 is 0 Å². The zero-order chi connectivity index (χ0) is 13.8. The topological polar surface area (TPSA) is 39.1 Å². The predicted octanol–water partition coefficient (Wildman–Crippen LogP) is 2.53. The number of ether oxygens (including phenoxy) is 1. The molecule has 2 aromatic rings. The Labute approximate surface area is 119 Å². The molecule has 1 aromatic heterocycles. The molecule has 0 spiro atoms. The summed E-state index contributed by atoms with van der Waals surface area (Å²) < 4.78 is 7.56. The molecule has 1 aliphatic heterocycles. The Hall–Kier alpha value is -1.65. The molecule has 2 unspecified atom stereocenters. The van der Waals surface area contributed by atoms with Crippen molar-refractivity contribution in [3.8, 4) is 5.69 Å². The highest BCUT2D eigenvalue weighted by Gasteiger charge is 2.21. The maximum Gasteiger partial charge on any atom is 0.0726 e. The maximum atomic E-state index is 5.70. The molecule has 2 atom stereocenters. The molecule has 20 heavy (non-hydrogen) atoms. The van der Waals surface area contributed by atoms with Crippen molar-refractivity contribution < 1.29 is 4.74 Å². The second kappa shape index (κ2) is 6.20. The molecule has 0 aliphatic carbocycles. The SMILES string of the molecule is CC(NCc1ccc(-n2cccn2)cc1)C1CCCO1. The van der Waals surface area contributed by atoms with Crippen LogP contribution in [0.1, 0.15) is 25.3 Å². The van der Waals surface area contributed by atoms with E-state index in [0.717, 1.165) is 18.8 Å². The van der Waals surface area contributed by atoms with Crippen LogP contribution in [0.2, 0.25) is 0 Å². The fraction of sp³-hybridized carbons (Fsp3) is 0.438. The molecule has 1 aromatic carbocycles. The Morgan fingerprint density at radius 1 is 1.40 bits per heavy atom. The molecule has 4 heteroatoms. The van der Waals surface area contributed by atoms with E-state index in [2.05, 4.69) is 41.6 Å². The molecular weight excluding hydrogens is 250 g/mol. The summed E-state index contributed by atoms with van der Waals surface area (Å²) in [5.74, 6) is 0. The number of nitrogens with one attached hydrogen (secondary N) is 1. The van der Waals surface area contributed by atoms with Crippen molar-refractivity contribution in [1.82, 2.24) is 15.1 Å². The normalized spacial score (nSPS) is 20.1. The zero-order valence-electron chi connectivity index (χ0n) is 11.8. The van der Waals surface area contributed by atoms with Crippen LogP contribution in [-0.2, 0) is 11.3 Å². The molecule has 1 aliphatic rings. The zero-order valence-corrected chi connectivity index (χ0v) is 11.8. The van der Waals surface area contributed by atoms with Gasteiger partial charge in [0.1, 0.15) is 0 Å². The minimum absolute atomic E-state index is 0.373. The van der Waals surface area contributed by atoms with Gasteiger partial charge >= 0.3 is 0 Å². The largest absolute Gasteiger partial charge is 0.377 e. The number of benzene rings is 1. The van der Waals surface area contributed by atoms with Gasteiger partial charge in [-0.25, -0.2) is 4.68 Å². The van der Waals surface area contributed by atoms with Crippen molar-refractivity contribution in [3.63, 3.8) is 0 Å². The van der Waals surface area contributed by atoms with Gasteiger partial charge in [0.15, 0.2) is 0 Å². The highest BCUT2D eigenvalue weighted by atomic mass is 16.5. The van der Waals surface area contributed by atoms with Crippen molar-refractivity contribution in [2.24, 2.45) is 0 Å². The van der Waals surface area contributed by atoms with Crippen LogP contribution < -0.4 is 5.32 Å². The molecule has 4 nitrogen and oxygen atoms in total. The number of hydrogen-bond acceptors (Lipinski definition) is 3. The van der Waals surface area contributed by atoms with Gasteiger partial charge in [-0.05, 0) is 43.5 Å². The van der Waals surface area contributed by atoms with Gasteiger partial charge in [-0.2, -0.15) is 5.10 Å². The molecule has 1 fully saturated rings. The molecular formula is C16H21N3O. The van der Waals surface area contributed by atoms with Gasteiger partial charge in [-0.3, -0.25) is 0 Å². The lowest BCUT2D eigenvalue weighted by Crippen LogP contribution is -2.36. The molecule has 106 valence electrons. The molecule has 0 radical (unpaired) electrons. The van der Waals surface area contributed by atoms with Crippen LogP contribution in [0.3, 0.4) is 0 Å². The van der Waals surface area contributed by atoms with Crippen molar-refractivity contribution in [1.29, 1.82) is 0 Å². The van der Waals surface area contributed by atoms with Crippen molar-refractivity contribution in [2.75, 3.05) is 6.61 Å². The summed E-state index contributed by atoms with van der Waals surface area (Å²) in [4.78, 5) is 0. The monoisotopic (exact) mass is 271 g/mol. The lowest BCUT2D eigenvalue weighted by molar-refractivity contribution is 0.0832. The first-order valence-electron chi connectivity index (χ1n) is 7.27. The van der Waals surface area contributed by atoms with Crippen LogP contribution in [0, 0.1) is 0 Å². The second-order valence-corrected chi connectivity index (χ2v) is 5.34. The number of nitrogens with zero attached hydrogens (tertiary/aromatic N) is 2. The van der Waals surface area contributed by atoms with Crippen LogP contribution in [0.25, 0.3) is 5.69 Å². The molecule has 1 N–H and O–H groups in total. The van der Waals surface area contributed by atoms with E-state index < -0.39 is 0 Å². The van der Waals surface area contributed by atoms with Gasteiger partial charge in [0.2, 0.25) is 0 Å². The van der Waals surface area contributed by atoms with E-state index in [9.17, 15) is 0 Å². The van der Waals surface area contributed by atoms with Crippen molar-refractivity contribution >= 4 is 0 Å². The van der Waals surface area contributed by atoms with Gasteiger partial charge in [-0.1, -0.05) is 12.1 Å². The van der Waals surface area contributed by atoms with Gasteiger partial charge in [0.25, 0.3) is 0 Å². The molecule has 0 amide bonds. The Morgan fingerprint density at radius 3 is 2.90 bits per heavy atom. The lowest BCUT2D eigenvalue weighted by atomic mass is 10.1. The summed E-state index contributed by atoms with van der Waals surface area (Å²) in [7, 11) is 0. The molecule has 0 bridgehead atoms. The fourth-order valence-corrected chi connectivity index (χ4v) is 2.60. The average Bonchev–Trinajstić information content (AvgIpc) is 3.18. The predicted molar refractivity (Wildman–Crippen MR) is 78.8 cm³/mol. The Morgan fingerprint density at radius 2 is 2.25 bits per heavy atom. The summed E-state index contributed by atoms with van der Waals surface area (Å²) in [5.41, 5.74) is 2.37. The van der Waals surface area contributed by atoms with Crippen LogP contribution in [0.15, 0.2) is 42.7 Å². The van der Waals surface area contributed by atoms with E-state index in [4.69, 9.17) is 4.74 Å². The summed E-state index contributed by atoms with van der Waals surface area (Å²) >= 11 is 0. The van der Waals surface area contributed by atoms with Crippen LogP contribution in [-0.4, -0.2) is 28.5 Å². The van der Waals surface area contributed by atoms with Crippen molar-refractivity contribution in [3.05, 3.63) is 48.3 Å². The van der Waals surface area contributed by atoms with Crippen LogP contribution in [0.4, 0.5) is 0 Å². The van der Waals surface area contributed by atoms with Gasteiger partial charge in [-0.15, -0.1) is 0 Å². The van der Waals surface area contributed by atoms with E-state index in [1.165, 1.54) is 18.4 Å². The minimum Gasteiger partial charge on any atom is -0.377 e. The summed E-state index contributed by atoms with van der Waals surface area (Å²) in [6.45, 7) is 3.99. The summed E-state index contributed by atoms with van der Waals surface area (Å²) in [5, 5.41) is 7.77. The third-order valence-corrected chi connectivity index (χ3v) is 3.86. The smallest absolute Gasteiger partial charge is 0.0726 e. The Kier molecular flexibility index (Phi) is 4.14. The minimum atomic E-state index is 0.373. The van der Waals surface area contributed by atoms with E-state index in [1.807, 2.05) is 16.9 Å². The molecule has 1 saturated heterocycles. The highest BCUT2D eigenvalue weighted by Crippen LogP contribution is 2.16. The standard InChI is InChI=1S/C16H21N3O/c1-13(16-4-2-11-20-16)17-12-14-5-7-15(8-6-14)19-10-3-9-18-19/h3,5-10,13,16-17H,2,4,11-12H2,1H3. The third kappa shape index (κ3) is 3.08. The third-order valence-electron chi connectivity index (χ3n) is 3.86. The first-order valence-corrected chi connectivity index (χ1v) is 7.27. The van der Waals surface area contributed by atoms with Crippen molar-refractivity contribution in [2.45, 2.75) is 38.5 Å². The summed E-state index contributed by atoms with van der Waals surface area (Å²) in [6.07, 6.45) is 6.48. The van der Waals surface area contributed by atoms with Gasteiger partial charge in [0.05, 0.1) is 11.8 Å². The van der Waals surface area contributed by atoms with Gasteiger partial charge in [0, 0.05) is 31.6 Å². The first kappa shape index (κ1) is 13.3. The van der Waals surface area contributed by atoms with E-state index in [-0.39, 0.29) is 0 Å². The van der Waals surface area contributed by atoms with E-state index in [0.29, 0.717) is 12.1 Å². The van der Waals surface area contributed by atoms with Crippen LogP contribution in [0.5, 0.6) is 0 Å². The fourth-order valence-electron chi connectivity index (χ4n) is 2.60. The number of aromatic nitrogens is 2. The Balaban J connectivity index is 1.55.